The standard InChI is InChI=1S/C9H12NP/c1-7-3-4-9(5-6-10)11-8(7)2/h3-4,9,11H,5H2,1-2H3. The largest absolute Gasteiger partial charge is 0.198 e. The number of allylic oxidation sites excluding steroid dienone is 4. The molecular weight excluding hydrogens is 153 g/mol. The molecule has 0 bridgehead atoms. The van der Waals surface area contributed by atoms with Crippen molar-refractivity contribution >= 4 is 8.58 Å². The van der Waals surface area contributed by atoms with Crippen LogP contribution in [0.3, 0.4) is 0 Å². The highest BCUT2D eigenvalue weighted by atomic mass is 31.1. The maximum Gasteiger partial charge on any atom is 0.0631 e. The molecule has 0 aromatic rings. The van der Waals surface area contributed by atoms with E-state index in [-0.39, 0.29) is 0 Å². The van der Waals surface area contributed by atoms with Gasteiger partial charge in [0.1, 0.15) is 0 Å². The van der Waals surface area contributed by atoms with Gasteiger partial charge in [0.25, 0.3) is 0 Å². The average Bonchev–Trinajstić information content (AvgIpc) is 1.98. The van der Waals surface area contributed by atoms with Crippen LogP contribution in [0.15, 0.2) is 23.0 Å². The van der Waals surface area contributed by atoms with Gasteiger partial charge in [0.2, 0.25) is 0 Å². The van der Waals surface area contributed by atoms with Gasteiger partial charge in [-0.2, -0.15) is 5.26 Å². The van der Waals surface area contributed by atoms with Crippen LogP contribution in [0, 0.1) is 11.3 Å². The number of hydrogen-bond acceptors (Lipinski definition) is 1. The molecule has 0 saturated heterocycles. The zero-order chi connectivity index (χ0) is 8.27. The van der Waals surface area contributed by atoms with Crippen LogP contribution in [-0.2, 0) is 0 Å². The first kappa shape index (κ1) is 8.50. The summed E-state index contributed by atoms with van der Waals surface area (Å²) < 4.78 is 0. The van der Waals surface area contributed by atoms with Gasteiger partial charge in [-0.25, -0.2) is 0 Å². The molecule has 2 atom stereocenters. The molecule has 11 heavy (non-hydrogen) atoms. The first-order valence-corrected chi connectivity index (χ1v) is 4.81. The molecule has 2 unspecified atom stereocenters. The number of hydrogen-bond donors (Lipinski definition) is 0. The summed E-state index contributed by atoms with van der Waals surface area (Å²) in [5.41, 5.74) is 1.86. The summed E-state index contributed by atoms with van der Waals surface area (Å²) in [4.78, 5) is 0. The fourth-order valence-electron chi connectivity index (χ4n) is 1.04. The van der Waals surface area contributed by atoms with Crippen molar-refractivity contribution in [1.29, 1.82) is 5.26 Å². The van der Waals surface area contributed by atoms with E-state index in [1.165, 1.54) is 10.9 Å². The van der Waals surface area contributed by atoms with Crippen LogP contribution in [0.5, 0.6) is 0 Å². The molecule has 58 valence electrons. The van der Waals surface area contributed by atoms with Gasteiger partial charge < -0.3 is 0 Å². The second-order valence-electron chi connectivity index (χ2n) is 2.78. The van der Waals surface area contributed by atoms with Crippen molar-refractivity contribution < 1.29 is 0 Å². The van der Waals surface area contributed by atoms with Crippen molar-refractivity contribution in [2.75, 3.05) is 0 Å². The minimum atomic E-state index is 0.490. The second-order valence-corrected chi connectivity index (χ2v) is 4.56. The summed E-state index contributed by atoms with van der Waals surface area (Å²) in [5.74, 6) is 0. The van der Waals surface area contributed by atoms with Gasteiger partial charge in [0, 0.05) is 12.1 Å². The van der Waals surface area contributed by atoms with Crippen LogP contribution in [0.1, 0.15) is 20.3 Å². The van der Waals surface area contributed by atoms with E-state index in [0.29, 0.717) is 12.1 Å². The SMILES string of the molecule is CC1=C(C)PC(CC#N)C=C1. The van der Waals surface area contributed by atoms with Crippen LogP contribution < -0.4 is 0 Å². The molecule has 0 aromatic heterocycles. The molecule has 1 rings (SSSR count). The topological polar surface area (TPSA) is 23.8 Å². The third-order valence-electron chi connectivity index (χ3n) is 1.88. The zero-order valence-corrected chi connectivity index (χ0v) is 7.89. The van der Waals surface area contributed by atoms with Gasteiger partial charge in [-0.1, -0.05) is 20.7 Å². The van der Waals surface area contributed by atoms with E-state index >= 15 is 0 Å². The van der Waals surface area contributed by atoms with E-state index in [9.17, 15) is 0 Å². The van der Waals surface area contributed by atoms with Crippen molar-refractivity contribution in [1.82, 2.24) is 0 Å². The normalized spacial score (nSPS) is 25.7. The van der Waals surface area contributed by atoms with Gasteiger partial charge in [-0.05, 0) is 24.7 Å². The monoisotopic (exact) mass is 165 g/mol. The summed E-state index contributed by atoms with van der Waals surface area (Å²) in [5, 5.41) is 9.93. The van der Waals surface area contributed by atoms with Gasteiger partial charge in [-0.15, -0.1) is 0 Å². The average molecular weight is 165 g/mol. The molecule has 0 saturated carbocycles. The molecule has 0 aliphatic carbocycles. The third kappa shape index (κ3) is 2.17. The Morgan fingerprint density at radius 2 is 2.36 bits per heavy atom. The van der Waals surface area contributed by atoms with Gasteiger partial charge >= 0.3 is 0 Å². The molecule has 0 aromatic carbocycles. The van der Waals surface area contributed by atoms with E-state index in [2.05, 4.69) is 32.1 Å². The number of rotatable bonds is 1. The lowest BCUT2D eigenvalue weighted by Crippen LogP contribution is -1.98. The highest BCUT2D eigenvalue weighted by Crippen LogP contribution is 2.37. The van der Waals surface area contributed by atoms with Crippen LogP contribution in [0.4, 0.5) is 0 Å². The quantitative estimate of drug-likeness (QED) is 0.548. The molecule has 1 aliphatic rings. The Morgan fingerprint density at radius 3 is 2.91 bits per heavy atom. The Morgan fingerprint density at radius 1 is 1.64 bits per heavy atom. The van der Waals surface area contributed by atoms with E-state index in [0.717, 1.165) is 8.58 Å². The molecule has 1 nitrogen and oxygen atoms in total. The zero-order valence-electron chi connectivity index (χ0n) is 6.89. The molecule has 2 heteroatoms. The Hall–Kier alpha value is -0.600. The molecule has 0 amide bonds. The molecule has 1 aliphatic heterocycles. The summed E-state index contributed by atoms with van der Waals surface area (Å²) in [6.07, 6.45) is 4.96. The molecule has 0 fully saturated rings. The summed E-state index contributed by atoms with van der Waals surface area (Å²) in [6.45, 7) is 4.28. The van der Waals surface area contributed by atoms with Gasteiger partial charge in [-0.3, -0.25) is 0 Å². The molecule has 0 radical (unpaired) electrons. The third-order valence-corrected chi connectivity index (χ3v) is 3.48. The molecular formula is C9H12NP. The summed E-state index contributed by atoms with van der Waals surface area (Å²) >= 11 is 0. The predicted molar refractivity (Wildman–Crippen MR) is 49.8 cm³/mol. The van der Waals surface area contributed by atoms with Crippen molar-refractivity contribution in [2.45, 2.75) is 25.9 Å². The summed E-state index contributed by atoms with van der Waals surface area (Å²) in [6, 6.07) is 2.21. The Bertz CT molecular complexity index is 245. The van der Waals surface area contributed by atoms with Crippen LogP contribution >= 0.6 is 8.58 Å². The minimum absolute atomic E-state index is 0.490. The van der Waals surface area contributed by atoms with E-state index in [1.54, 1.807) is 0 Å². The molecule has 0 spiro atoms. The second kappa shape index (κ2) is 3.69. The minimum Gasteiger partial charge on any atom is -0.198 e. The Balaban J connectivity index is 2.61. The first-order valence-electron chi connectivity index (χ1n) is 3.73. The lowest BCUT2D eigenvalue weighted by Gasteiger charge is -2.15. The van der Waals surface area contributed by atoms with Crippen molar-refractivity contribution in [3.63, 3.8) is 0 Å². The molecule has 0 N–H and O–H groups in total. The van der Waals surface area contributed by atoms with E-state index in [1.807, 2.05) is 0 Å². The van der Waals surface area contributed by atoms with Gasteiger partial charge in [0.15, 0.2) is 0 Å². The molecule has 1 heterocycles. The highest BCUT2D eigenvalue weighted by Gasteiger charge is 2.09. The highest BCUT2D eigenvalue weighted by molar-refractivity contribution is 7.44. The lowest BCUT2D eigenvalue weighted by atomic mass is 10.2. The van der Waals surface area contributed by atoms with Crippen molar-refractivity contribution in [3.8, 4) is 6.07 Å². The first-order chi connectivity index (χ1) is 5.24. The van der Waals surface area contributed by atoms with E-state index in [4.69, 9.17) is 5.26 Å². The van der Waals surface area contributed by atoms with Crippen LogP contribution in [-0.4, -0.2) is 5.66 Å². The lowest BCUT2D eigenvalue weighted by molar-refractivity contribution is 1.06. The number of nitrogens with zero attached hydrogens (tertiary/aromatic N) is 1. The Kier molecular flexibility index (Phi) is 2.85. The van der Waals surface area contributed by atoms with Crippen molar-refractivity contribution in [2.24, 2.45) is 0 Å². The summed E-state index contributed by atoms with van der Waals surface area (Å²) in [7, 11) is 0.824. The Labute approximate surface area is 69.6 Å². The van der Waals surface area contributed by atoms with Gasteiger partial charge in [0.05, 0.1) is 6.07 Å². The smallest absolute Gasteiger partial charge is 0.0631 e. The maximum absolute atomic E-state index is 8.48. The van der Waals surface area contributed by atoms with E-state index < -0.39 is 0 Å². The fourth-order valence-corrected chi connectivity index (χ4v) is 2.30. The predicted octanol–water partition coefficient (Wildman–Crippen LogP) is 2.81. The van der Waals surface area contributed by atoms with Crippen LogP contribution in [0.2, 0.25) is 0 Å². The number of nitriles is 1. The fraction of sp³-hybridized carbons (Fsp3) is 0.444. The van der Waals surface area contributed by atoms with Crippen LogP contribution in [0.25, 0.3) is 0 Å². The maximum atomic E-state index is 8.48. The van der Waals surface area contributed by atoms with Crippen molar-refractivity contribution in [3.05, 3.63) is 23.0 Å².